The first-order valence-corrected chi connectivity index (χ1v) is 8.01. The highest BCUT2D eigenvalue weighted by Gasteiger charge is 2.04. The van der Waals surface area contributed by atoms with Crippen molar-refractivity contribution in [2.75, 3.05) is 0 Å². The molecule has 0 saturated heterocycles. The number of fused-ring (bicyclic) bond motifs is 4. The smallest absolute Gasteiger partial charge is 0.0181 e. The first-order chi connectivity index (χ1) is 9.70. The monoisotopic (exact) mass is 384 g/mol. The minimum absolute atomic E-state index is 1.12. The van der Waals surface area contributed by atoms with Gasteiger partial charge in [0.2, 0.25) is 0 Å². The summed E-state index contributed by atoms with van der Waals surface area (Å²) in [4.78, 5) is 0. The molecule has 0 aromatic heterocycles. The molecule has 0 aliphatic heterocycles. The molecule has 0 saturated carbocycles. The predicted molar refractivity (Wildman–Crippen MR) is 94.4 cm³/mol. The van der Waals surface area contributed by atoms with Crippen LogP contribution in [0.25, 0.3) is 32.3 Å². The van der Waals surface area contributed by atoms with E-state index in [1.54, 1.807) is 0 Å². The molecule has 0 fully saturated rings. The lowest BCUT2D eigenvalue weighted by atomic mass is 9.98. The Hall–Kier alpha value is -1.38. The zero-order chi connectivity index (χ0) is 13.7. The molecule has 4 aromatic carbocycles. The molecule has 0 nitrogen and oxygen atoms in total. The van der Waals surface area contributed by atoms with Crippen LogP contribution in [-0.4, -0.2) is 0 Å². The molecule has 0 radical (unpaired) electrons. The summed E-state index contributed by atoms with van der Waals surface area (Å²) in [6, 6.07) is 21.8. The molecular weight excluding hydrogens is 376 g/mol. The first kappa shape index (κ1) is 12.4. The second-order valence-corrected chi connectivity index (χ2v) is 6.83. The van der Waals surface area contributed by atoms with Crippen molar-refractivity contribution in [2.24, 2.45) is 0 Å². The van der Waals surface area contributed by atoms with Crippen LogP contribution in [0.4, 0.5) is 0 Å². The van der Waals surface area contributed by atoms with Gasteiger partial charge in [0, 0.05) is 8.95 Å². The number of rotatable bonds is 0. The van der Waals surface area contributed by atoms with Gasteiger partial charge in [-0.05, 0) is 68.7 Å². The lowest BCUT2D eigenvalue weighted by molar-refractivity contribution is 1.71. The van der Waals surface area contributed by atoms with Crippen LogP contribution in [-0.2, 0) is 0 Å². The Balaban J connectivity index is 2.19. The van der Waals surface area contributed by atoms with Gasteiger partial charge in [-0.2, -0.15) is 0 Å². The molecule has 0 bridgehead atoms. The van der Waals surface area contributed by atoms with Crippen LogP contribution in [0, 0.1) is 0 Å². The topological polar surface area (TPSA) is 0 Å². The molecule has 0 atom stereocenters. The second kappa shape index (κ2) is 4.57. The zero-order valence-corrected chi connectivity index (χ0v) is 13.7. The Morgan fingerprint density at radius 1 is 0.450 bits per heavy atom. The minimum atomic E-state index is 1.12. The van der Waals surface area contributed by atoms with Crippen LogP contribution in [0.5, 0.6) is 0 Å². The van der Waals surface area contributed by atoms with Gasteiger partial charge < -0.3 is 0 Å². The van der Waals surface area contributed by atoms with Crippen LogP contribution in [0.2, 0.25) is 0 Å². The summed E-state index contributed by atoms with van der Waals surface area (Å²) in [5.41, 5.74) is 0. The van der Waals surface area contributed by atoms with Crippen LogP contribution in [0.15, 0.2) is 69.6 Å². The Morgan fingerprint density at radius 2 is 1.05 bits per heavy atom. The Labute approximate surface area is 133 Å². The molecule has 4 rings (SSSR count). The van der Waals surface area contributed by atoms with E-state index in [4.69, 9.17) is 0 Å². The van der Waals surface area contributed by atoms with Gasteiger partial charge in [-0.25, -0.2) is 0 Å². The van der Waals surface area contributed by atoms with Crippen molar-refractivity contribution in [3.63, 3.8) is 0 Å². The van der Waals surface area contributed by atoms with Crippen LogP contribution < -0.4 is 0 Å². The number of benzene rings is 4. The highest BCUT2D eigenvalue weighted by molar-refractivity contribution is 9.10. The van der Waals surface area contributed by atoms with Crippen molar-refractivity contribution in [3.8, 4) is 0 Å². The van der Waals surface area contributed by atoms with E-state index >= 15 is 0 Å². The van der Waals surface area contributed by atoms with Gasteiger partial charge in [0.15, 0.2) is 0 Å². The van der Waals surface area contributed by atoms with E-state index in [0.29, 0.717) is 0 Å². The average molecular weight is 386 g/mol. The minimum Gasteiger partial charge on any atom is -0.0537 e. The number of hydrogen-bond donors (Lipinski definition) is 0. The van der Waals surface area contributed by atoms with Gasteiger partial charge in [0.1, 0.15) is 0 Å². The van der Waals surface area contributed by atoms with Crippen molar-refractivity contribution >= 4 is 64.2 Å². The van der Waals surface area contributed by atoms with Crippen molar-refractivity contribution in [1.82, 2.24) is 0 Å². The third kappa shape index (κ3) is 1.95. The van der Waals surface area contributed by atoms with E-state index in [2.05, 4.69) is 92.5 Å². The van der Waals surface area contributed by atoms with E-state index < -0.39 is 0 Å². The van der Waals surface area contributed by atoms with Gasteiger partial charge in [-0.15, -0.1) is 0 Å². The molecule has 20 heavy (non-hydrogen) atoms. The molecule has 4 aromatic rings. The predicted octanol–water partition coefficient (Wildman–Crippen LogP) is 6.67. The lowest BCUT2D eigenvalue weighted by Gasteiger charge is -2.07. The largest absolute Gasteiger partial charge is 0.0537 e. The molecular formula is C18H10Br2. The lowest BCUT2D eigenvalue weighted by Crippen LogP contribution is -1.80. The number of halogens is 2. The SMILES string of the molecule is Brc1ccc2cc3ccc4cc(Br)ccc4c3cc2c1. The van der Waals surface area contributed by atoms with Gasteiger partial charge in [0.25, 0.3) is 0 Å². The van der Waals surface area contributed by atoms with Crippen LogP contribution in [0.1, 0.15) is 0 Å². The second-order valence-electron chi connectivity index (χ2n) is 5.00. The summed E-state index contributed by atoms with van der Waals surface area (Å²) < 4.78 is 2.24. The normalized spacial score (nSPS) is 11.5. The van der Waals surface area contributed by atoms with Crippen molar-refractivity contribution in [1.29, 1.82) is 0 Å². The van der Waals surface area contributed by atoms with Crippen LogP contribution in [0.3, 0.4) is 0 Å². The highest BCUT2D eigenvalue weighted by atomic mass is 79.9. The van der Waals surface area contributed by atoms with E-state index in [1.165, 1.54) is 32.3 Å². The molecule has 0 aliphatic carbocycles. The Bertz CT molecular complexity index is 971. The average Bonchev–Trinajstić information content (AvgIpc) is 2.44. The molecule has 0 aliphatic rings. The van der Waals surface area contributed by atoms with E-state index in [-0.39, 0.29) is 0 Å². The fourth-order valence-corrected chi connectivity index (χ4v) is 3.51. The first-order valence-electron chi connectivity index (χ1n) is 6.42. The molecule has 0 unspecified atom stereocenters. The Kier molecular flexibility index (Phi) is 2.83. The molecule has 0 N–H and O–H groups in total. The van der Waals surface area contributed by atoms with Crippen molar-refractivity contribution < 1.29 is 0 Å². The quantitative estimate of drug-likeness (QED) is 0.234. The maximum atomic E-state index is 3.55. The van der Waals surface area contributed by atoms with Crippen LogP contribution >= 0.6 is 31.9 Å². The summed E-state index contributed by atoms with van der Waals surface area (Å²) in [6.07, 6.45) is 0. The van der Waals surface area contributed by atoms with E-state index in [1.807, 2.05) is 0 Å². The van der Waals surface area contributed by atoms with Gasteiger partial charge >= 0.3 is 0 Å². The fourth-order valence-electron chi connectivity index (χ4n) is 2.75. The molecule has 2 heteroatoms. The third-order valence-corrected chi connectivity index (χ3v) is 4.70. The zero-order valence-electron chi connectivity index (χ0n) is 10.5. The Morgan fingerprint density at radius 3 is 1.85 bits per heavy atom. The molecule has 0 amide bonds. The standard InChI is InChI=1S/C18H10Br2/c19-15-4-3-11-7-12-1-2-13-8-16(20)5-6-17(13)18(12)10-14(11)9-15/h1-10H. The summed E-state index contributed by atoms with van der Waals surface area (Å²) in [5.74, 6) is 0. The van der Waals surface area contributed by atoms with E-state index in [9.17, 15) is 0 Å². The summed E-state index contributed by atoms with van der Waals surface area (Å²) >= 11 is 7.09. The maximum Gasteiger partial charge on any atom is 0.0181 e. The maximum absolute atomic E-state index is 3.55. The summed E-state index contributed by atoms with van der Waals surface area (Å²) in [5, 5.41) is 7.70. The van der Waals surface area contributed by atoms with Crippen molar-refractivity contribution in [2.45, 2.75) is 0 Å². The molecule has 0 spiro atoms. The third-order valence-electron chi connectivity index (χ3n) is 3.72. The fraction of sp³-hybridized carbons (Fsp3) is 0. The van der Waals surface area contributed by atoms with Gasteiger partial charge in [-0.3, -0.25) is 0 Å². The number of hydrogen-bond acceptors (Lipinski definition) is 0. The van der Waals surface area contributed by atoms with Gasteiger partial charge in [-0.1, -0.05) is 56.1 Å². The van der Waals surface area contributed by atoms with Crippen molar-refractivity contribution in [3.05, 3.63) is 69.6 Å². The van der Waals surface area contributed by atoms with Gasteiger partial charge in [0.05, 0.1) is 0 Å². The van der Waals surface area contributed by atoms with E-state index in [0.717, 1.165) is 8.95 Å². The molecule has 96 valence electrons. The summed E-state index contributed by atoms with van der Waals surface area (Å²) in [7, 11) is 0. The molecule has 0 heterocycles. The highest BCUT2D eigenvalue weighted by Crippen LogP contribution is 2.31. The summed E-state index contributed by atoms with van der Waals surface area (Å²) in [6.45, 7) is 0.